The molecule has 0 saturated carbocycles. The third-order valence-corrected chi connectivity index (χ3v) is 6.28. The van der Waals surface area contributed by atoms with Crippen LogP contribution >= 0.6 is 0 Å². The Hall–Kier alpha value is -3.45. The maximum atomic E-state index is 12.7. The number of fused-ring (bicyclic) bond motifs is 1. The topological polar surface area (TPSA) is 78.7 Å². The van der Waals surface area contributed by atoms with Gasteiger partial charge in [0.2, 0.25) is 0 Å². The predicted octanol–water partition coefficient (Wildman–Crippen LogP) is 3.28. The molecule has 2 fully saturated rings. The zero-order valence-corrected chi connectivity index (χ0v) is 17.1. The molecule has 1 N–H and O–H groups in total. The fraction of sp³-hybridized carbons (Fsp3) is 0.292. The van der Waals surface area contributed by atoms with Gasteiger partial charge < -0.3 is 10.0 Å². The van der Waals surface area contributed by atoms with Crippen molar-refractivity contribution in [3.63, 3.8) is 0 Å². The molecule has 158 valence electrons. The molecule has 2 aliphatic rings. The van der Waals surface area contributed by atoms with E-state index in [0.29, 0.717) is 24.9 Å². The van der Waals surface area contributed by atoms with Gasteiger partial charge in [0.15, 0.2) is 5.69 Å². The summed E-state index contributed by atoms with van der Waals surface area (Å²) in [7, 11) is 0. The molecule has 0 spiro atoms. The zero-order chi connectivity index (χ0) is 21.4. The fourth-order valence-corrected chi connectivity index (χ4v) is 4.80. The van der Waals surface area contributed by atoms with Gasteiger partial charge in [-0.1, -0.05) is 48.5 Å². The van der Waals surface area contributed by atoms with E-state index >= 15 is 0 Å². The van der Waals surface area contributed by atoms with Crippen LogP contribution in [0, 0.1) is 11.8 Å². The number of hydrogen-bond acceptors (Lipinski definition) is 4. The van der Waals surface area contributed by atoms with Gasteiger partial charge in [-0.2, -0.15) is 9.78 Å². The van der Waals surface area contributed by atoms with Crippen molar-refractivity contribution in [1.82, 2.24) is 19.6 Å². The standard InChI is InChI=1S/C24H24N4O3/c29-23(30)22-9-10-28(25-22)24(31)27-15-20-13-26(14-21(20)16-27)12-17-5-4-8-19(11-17)18-6-2-1-3-7-18/h1-11,20-21H,12-16H2,(H,29,30). The summed E-state index contributed by atoms with van der Waals surface area (Å²) in [6, 6.07) is 20.2. The highest BCUT2D eigenvalue weighted by Crippen LogP contribution is 2.32. The third-order valence-electron chi connectivity index (χ3n) is 6.28. The molecular weight excluding hydrogens is 392 g/mol. The number of aromatic nitrogens is 2. The summed E-state index contributed by atoms with van der Waals surface area (Å²) in [5.74, 6) is -0.247. The van der Waals surface area contributed by atoms with Gasteiger partial charge in [-0.15, -0.1) is 0 Å². The largest absolute Gasteiger partial charge is 0.476 e. The van der Waals surface area contributed by atoms with E-state index in [9.17, 15) is 9.59 Å². The molecule has 5 rings (SSSR count). The van der Waals surface area contributed by atoms with Crippen LogP contribution < -0.4 is 0 Å². The minimum Gasteiger partial charge on any atom is -0.476 e. The van der Waals surface area contributed by atoms with Crippen LogP contribution in [0.3, 0.4) is 0 Å². The Morgan fingerprint density at radius 3 is 2.29 bits per heavy atom. The van der Waals surface area contributed by atoms with Gasteiger partial charge >= 0.3 is 12.0 Å². The molecule has 2 saturated heterocycles. The summed E-state index contributed by atoms with van der Waals surface area (Å²) < 4.78 is 1.14. The van der Waals surface area contributed by atoms with Crippen LogP contribution in [0.4, 0.5) is 4.79 Å². The molecule has 0 bridgehead atoms. The second kappa shape index (κ2) is 8.00. The summed E-state index contributed by atoms with van der Waals surface area (Å²) in [6.45, 7) is 4.20. The maximum absolute atomic E-state index is 12.7. The Morgan fingerprint density at radius 1 is 0.903 bits per heavy atom. The van der Waals surface area contributed by atoms with Gasteiger partial charge in [0.05, 0.1) is 0 Å². The van der Waals surface area contributed by atoms with E-state index in [-0.39, 0.29) is 11.7 Å². The summed E-state index contributed by atoms with van der Waals surface area (Å²) in [4.78, 5) is 27.9. The van der Waals surface area contributed by atoms with Crippen molar-refractivity contribution in [2.24, 2.45) is 11.8 Å². The number of carbonyl (C=O) groups excluding carboxylic acids is 1. The van der Waals surface area contributed by atoms with Gasteiger partial charge in [-0.3, -0.25) is 4.90 Å². The van der Waals surface area contributed by atoms with E-state index < -0.39 is 5.97 Å². The van der Waals surface area contributed by atoms with Crippen LogP contribution in [0.5, 0.6) is 0 Å². The Morgan fingerprint density at radius 2 is 1.61 bits per heavy atom. The lowest BCUT2D eigenvalue weighted by atomic mass is 10.0. The van der Waals surface area contributed by atoms with Gasteiger partial charge in [0.1, 0.15) is 0 Å². The van der Waals surface area contributed by atoms with Crippen molar-refractivity contribution < 1.29 is 14.7 Å². The third kappa shape index (κ3) is 3.96. The Bertz CT molecular complexity index is 1100. The second-order valence-electron chi connectivity index (χ2n) is 8.42. The SMILES string of the molecule is O=C(O)c1ccn(C(=O)N2CC3CN(Cc4cccc(-c5ccccc5)c4)CC3C2)n1. The van der Waals surface area contributed by atoms with Crippen molar-refractivity contribution >= 4 is 12.0 Å². The Kier molecular flexibility index (Phi) is 5.03. The van der Waals surface area contributed by atoms with Gasteiger partial charge in [-0.25, -0.2) is 9.59 Å². The van der Waals surface area contributed by atoms with Gasteiger partial charge in [0, 0.05) is 38.9 Å². The quantitative estimate of drug-likeness (QED) is 0.706. The van der Waals surface area contributed by atoms with Crippen LogP contribution in [0.25, 0.3) is 11.1 Å². The highest BCUT2D eigenvalue weighted by molar-refractivity contribution is 5.86. The number of carboxylic acid groups (broad SMARTS) is 1. The lowest BCUT2D eigenvalue weighted by molar-refractivity contribution is 0.0690. The normalized spacial score (nSPS) is 20.7. The van der Waals surface area contributed by atoms with Crippen LogP contribution in [0.2, 0.25) is 0 Å². The molecule has 2 aromatic carbocycles. The lowest BCUT2D eigenvalue weighted by Gasteiger charge is -2.21. The van der Waals surface area contributed by atoms with Crippen molar-refractivity contribution in [2.45, 2.75) is 6.54 Å². The molecular formula is C24H24N4O3. The molecule has 7 nitrogen and oxygen atoms in total. The lowest BCUT2D eigenvalue weighted by Crippen LogP contribution is -2.36. The number of rotatable bonds is 4. The average molecular weight is 416 g/mol. The first-order valence-electron chi connectivity index (χ1n) is 10.5. The van der Waals surface area contributed by atoms with Crippen molar-refractivity contribution in [1.29, 1.82) is 0 Å². The number of carboxylic acids is 1. The van der Waals surface area contributed by atoms with E-state index in [1.807, 2.05) is 6.07 Å². The number of benzene rings is 2. The molecule has 3 heterocycles. The Balaban J connectivity index is 1.20. The number of carbonyl (C=O) groups is 2. The first-order chi connectivity index (χ1) is 15.1. The maximum Gasteiger partial charge on any atom is 0.356 e. The van der Waals surface area contributed by atoms with Crippen LogP contribution in [0.15, 0.2) is 66.9 Å². The minimum atomic E-state index is -1.13. The second-order valence-corrected chi connectivity index (χ2v) is 8.42. The van der Waals surface area contributed by atoms with E-state index in [0.717, 1.165) is 24.3 Å². The highest BCUT2D eigenvalue weighted by atomic mass is 16.4. The van der Waals surface area contributed by atoms with Crippen LogP contribution in [0.1, 0.15) is 16.1 Å². The summed E-state index contributed by atoms with van der Waals surface area (Å²) in [5, 5.41) is 12.9. The van der Waals surface area contributed by atoms with E-state index in [1.54, 1.807) is 4.90 Å². The van der Waals surface area contributed by atoms with Crippen molar-refractivity contribution in [3.05, 3.63) is 78.1 Å². The Labute approximate surface area is 180 Å². The molecule has 0 aliphatic carbocycles. The molecule has 3 aromatic rings. The molecule has 31 heavy (non-hydrogen) atoms. The van der Waals surface area contributed by atoms with Crippen molar-refractivity contribution in [3.8, 4) is 11.1 Å². The number of likely N-dealkylation sites (tertiary alicyclic amines) is 2. The van der Waals surface area contributed by atoms with Gasteiger partial charge in [-0.05, 0) is 40.7 Å². The fourth-order valence-electron chi connectivity index (χ4n) is 4.80. The number of nitrogens with zero attached hydrogens (tertiary/aromatic N) is 4. The molecule has 1 amide bonds. The number of aromatic carboxylic acids is 1. The van der Waals surface area contributed by atoms with E-state index in [2.05, 4.69) is 58.5 Å². The van der Waals surface area contributed by atoms with Crippen LogP contribution in [-0.4, -0.2) is 62.9 Å². The molecule has 7 heteroatoms. The monoisotopic (exact) mass is 416 g/mol. The average Bonchev–Trinajstić information content (AvgIpc) is 3.49. The molecule has 0 radical (unpaired) electrons. The smallest absolute Gasteiger partial charge is 0.356 e. The molecule has 2 unspecified atom stereocenters. The molecule has 2 atom stereocenters. The summed E-state index contributed by atoms with van der Waals surface area (Å²) in [6.07, 6.45) is 1.42. The first-order valence-corrected chi connectivity index (χ1v) is 10.5. The minimum absolute atomic E-state index is 0.114. The zero-order valence-electron chi connectivity index (χ0n) is 17.1. The van der Waals surface area contributed by atoms with Crippen molar-refractivity contribution in [2.75, 3.05) is 26.2 Å². The number of amides is 1. The predicted molar refractivity (Wildman–Crippen MR) is 116 cm³/mol. The van der Waals surface area contributed by atoms with Crippen LogP contribution in [-0.2, 0) is 6.54 Å². The highest BCUT2D eigenvalue weighted by Gasteiger charge is 2.42. The number of hydrogen-bond donors (Lipinski definition) is 1. The van der Waals surface area contributed by atoms with E-state index in [4.69, 9.17) is 5.11 Å². The summed E-state index contributed by atoms with van der Waals surface area (Å²) >= 11 is 0. The molecule has 1 aromatic heterocycles. The summed E-state index contributed by atoms with van der Waals surface area (Å²) in [5.41, 5.74) is 3.64. The first kappa shape index (κ1) is 19.5. The van der Waals surface area contributed by atoms with Gasteiger partial charge in [0.25, 0.3) is 0 Å². The molecule has 2 aliphatic heterocycles. The van der Waals surface area contributed by atoms with E-state index in [1.165, 1.54) is 29.0 Å².